The minimum Gasteiger partial charge on any atom is -0.493 e. The van der Waals surface area contributed by atoms with E-state index in [4.69, 9.17) is 4.74 Å². The minimum absolute atomic E-state index is 0.254. The third kappa shape index (κ3) is 1.55. The zero-order chi connectivity index (χ0) is 9.30. The Labute approximate surface area is 85.1 Å². The zero-order valence-corrected chi connectivity index (χ0v) is 9.40. The number of aryl methyl sites for hydroxylation is 2. The van der Waals surface area contributed by atoms with E-state index in [-0.39, 0.29) is 5.82 Å². The van der Waals surface area contributed by atoms with E-state index in [1.54, 1.807) is 0 Å². The van der Waals surface area contributed by atoms with Crippen LogP contribution in [0.4, 0.5) is 4.39 Å². The van der Waals surface area contributed by atoms with Crippen molar-refractivity contribution < 1.29 is 9.13 Å². The van der Waals surface area contributed by atoms with Gasteiger partial charge in [-0.3, -0.25) is 0 Å². The van der Waals surface area contributed by atoms with E-state index in [0.717, 1.165) is 11.1 Å². The molecule has 0 bridgehead atoms. The highest BCUT2D eigenvalue weighted by Gasteiger charge is 2.12. The second-order valence-corrected chi connectivity index (χ2v) is 3.75. The van der Waals surface area contributed by atoms with Crippen molar-refractivity contribution in [1.82, 2.24) is 0 Å². The molecule has 0 unspecified atom stereocenters. The van der Waals surface area contributed by atoms with Crippen molar-refractivity contribution in [2.45, 2.75) is 13.8 Å². The molecule has 0 saturated heterocycles. The molecule has 0 spiro atoms. The van der Waals surface area contributed by atoms with Crippen LogP contribution in [0.1, 0.15) is 11.1 Å². The fourth-order valence-electron chi connectivity index (χ4n) is 1.15. The number of hydrogen-bond donors (Lipinski definition) is 0. The van der Waals surface area contributed by atoms with Gasteiger partial charge < -0.3 is 4.74 Å². The van der Waals surface area contributed by atoms with E-state index >= 15 is 0 Å². The quantitative estimate of drug-likeness (QED) is 0.718. The largest absolute Gasteiger partial charge is 0.493 e. The molecular weight excluding hydrogens is 270 g/mol. The molecule has 0 amide bonds. The summed E-state index contributed by atoms with van der Waals surface area (Å²) in [6.07, 6.45) is 0. The summed E-state index contributed by atoms with van der Waals surface area (Å²) in [5.41, 5.74) is 1.79. The maximum atomic E-state index is 13.4. The van der Waals surface area contributed by atoms with E-state index in [1.807, 2.05) is 42.5 Å². The Kier molecular flexibility index (Phi) is 2.93. The van der Waals surface area contributed by atoms with Crippen LogP contribution in [0.5, 0.6) is 5.75 Å². The lowest BCUT2D eigenvalue weighted by molar-refractivity contribution is 0.381. The van der Waals surface area contributed by atoms with Crippen LogP contribution in [-0.2, 0) is 0 Å². The average molecular weight is 280 g/mol. The van der Waals surface area contributed by atoms with Gasteiger partial charge in [-0.2, -0.15) is 0 Å². The first-order valence-corrected chi connectivity index (χ1v) is 4.65. The van der Waals surface area contributed by atoms with Gasteiger partial charge in [0.25, 0.3) is 0 Å². The lowest BCUT2D eigenvalue weighted by atomic mass is 10.1. The predicted octanol–water partition coefficient (Wildman–Crippen LogP) is 3.06. The molecule has 0 atom stereocenters. The zero-order valence-electron chi connectivity index (χ0n) is 7.24. The Morgan fingerprint density at radius 2 is 1.92 bits per heavy atom. The number of ether oxygens (including phenoxy) is 1. The summed E-state index contributed by atoms with van der Waals surface area (Å²) in [6, 6.07) is 1.92. The molecule has 0 aliphatic rings. The van der Waals surface area contributed by atoms with E-state index in [1.165, 1.54) is 7.11 Å². The Bertz CT molecular complexity index is 310. The molecule has 1 aromatic carbocycles. The molecule has 0 radical (unpaired) electrons. The number of benzene rings is 1. The second kappa shape index (κ2) is 3.60. The van der Waals surface area contributed by atoms with E-state index in [2.05, 4.69) is 0 Å². The van der Waals surface area contributed by atoms with Crippen molar-refractivity contribution in [3.05, 3.63) is 26.6 Å². The van der Waals surface area contributed by atoms with Gasteiger partial charge in [-0.25, -0.2) is 4.39 Å². The Morgan fingerprint density at radius 1 is 1.33 bits per heavy atom. The Hall–Kier alpha value is -0.320. The molecule has 0 N–H and O–H groups in total. The molecule has 0 heterocycles. The molecule has 0 aromatic heterocycles. The lowest BCUT2D eigenvalue weighted by Crippen LogP contribution is -1.96. The lowest BCUT2D eigenvalue weighted by Gasteiger charge is -2.09. The van der Waals surface area contributed by atoms with E-state index in [0.29, 0.717) is 9.32 Å². The standard InChI is InChI=1S/C9H10FIO/c1-5-4-6(2)9(12-3)7(10)8(5)11/h4H,1-3H3. The van der Waals surface area contributed by atoms with Gasteiger partial charge >= 0.3 is 0 Å². The van der Waals surface area contributed by atoms with Crippen molar-refractivity contribution >= 4 is 22.6 Å². The number of rotatable bonds is 1. The molecule has 1 nitrogen and oxygen atoms in total. The summed E-state index contributed by atoms with van der Waals surface area (Å²) >= 11 is 1.98. The average Bonchev–Trinajstić information content (AvgIpc) is 2.01. The molecule has 66 valence electrons. The molecule has 0 aliphatic heterocycles. The maximum absolute atomic E-state index is 13.4. The monoisotopic (exact) mass is 280 g/mol. The molecule has 1 rings (SSSR count). The molecule has 0 saturated carbocycles. The highest BCUT2D eigenvalue weighted by molar-refractivity contribution is 14.1. The summed E-state index contributed by atoms with van der Waals surface area (Å²) in [5.74, 6) is 0.0978. The minimum atomic E-state index is -0.254. The van der Waals surface area contributed by atoms with Crippen LogP contribution in [0.2, 0.25) is 0 Å². The molecule has 12 heavy (non-hydrogen) atoms. The topological polar surface area (TPSA) is 9.23 Å². The van der Waals surface area contributed by atoms with Crippen molar-refractivity contribution in [3.63, 3.8) is 0 Å². The number of hydrogen-bond acceptors (Lipinski definition) is 1. The summed E-state index contributed by atoms with van der Waals surface area (Å²) in [4.78, 5) is 0. The van der Waals surface area contributed by atoms with Crippen molar-refractivity contribution in [3.8, 4) is 5.75 Å². The van der Waals surface area contributed by atoms with E-state index < -0.39 is 0 Å². The van der Waals surface area contributed by atoms with Crippen LogP contribution < -0.4 is 4.74 Å². The van der Waals surface area contributed by atoms with Gasteiger partial charge in [-0.1, -0.05) is 6.07 Å². The van der Waals surface area contributed by atoms with Gasteiger partial charge in [0, 0.05) is 0 Å². The highest BCUT2D eigenvalue weighted by atomic mass is 127. The fraction of sp³-hybridized carbons (Fsp3) is 0.333. The molecule has 0 aliphatic carbocycles. The molecule has 1 aromatic rings. The van der Waals surface area contributed by atoms with Crippen molar-refractivity contribution in [1.29, 1.82) is 0 Å². The van der Waals surface area contributed by atoms with Crippen LogP contribution >= 0.6 is 22.6 Å². The summed E-state index contributed by atoms with van der Waals surface area (Å²) in [5, 5.41) is 0. The Balaban J connectivity index is 3.40. The fourth-order valence-corrected chi connectivity index (χ4v) is 1.55. The second-order valence-electron chi connectivity index (χ2n) is 2.67. The first kappa shape index (κ1) is 9.77. The van der Waals surface area contributed by atoms with Gasteiger partial charge in [-0.05, 0) is 47.6 Å². The van der Waals surface area contributed by atoms with Crippen molar-refractivity contribution in [2.75, 3.05) is 7.11 Å². The molecule has 0 fully saturated rings. The Morgan fingerprint density at radius 3 is 2.42 bits per heavy atom. The summed E-state index contributed by atoms with van der Waals surface area (Å²) in [7, 11) is 1.48. The van der Waals surface area contributed by atoms with Gasteiger partial charge in [0.1, 0.15) is 0 Å². The van der Waals surface area contributed by atoms with Crippen LogP contribution in [0.15, 0.2) is 6.07 Å². The van der Waals surface area contributed by atoms with Crippen LogP contribution in [0, 0.1) is 23.2 Å². The van der Waals surface area contributed by atoms with Crippen molar-refractivity contribution in [2.24, 2.45) is 0 Å². The molecular formula is C9H10FIO. The van der Waals surface area contributed by atoms with Crippen LogP contribution in [-0.4, -0.2) is 7.11 Å². The first-order valence-electron chi connectivity index (χ1n) is 3.57. The van der Waals surface area contributed by atoms with Crippen LogP contribution in [0.3, 0.4) is 0 Å². The predicted molar refractivity (Wildman–Crippen MR) is 55.1 cm³/mol. The third-order valence-corrected chi connectivity index (χ3v) is 3.06. The maximum Gasteiger partial charge on any atom is 0.178 e. The van der Waals surface area contributed by atoms with E-state index in [9.17, 15) is 4.39 Å². The third-order valence-electron chi connectivity index (χ3n) is 1.73. The number of halogens is 2. The SMILES string of the molecule is COc1c(C)cc(C)c(I)c1F. The highest BCUT2D eigenvalue weighted by Crippen LogP contribution is 2.28. The normalized spacial score (nSPS) is 10.1. The van der Waals surface area contributed by atoms with Gasteiger partial charge in [-0.15, -0.1) is 0 Å². The van der Waals surface area contributed by atoms with Crippen LogP contribution in [0.25, 0.3) is 0 Å². The number of methoxy groups -OCH3 is 1. The van der Waals surface area contributed by atoms with Gasteiger partial charge in [0.05, 0.1) is 10.7 Å². The first-order chi connectivity index (χ1) is 5.57. The van der Waals surface area contributed by atoms with Gasteiger partial charge in [0.2, 0.25) is 0 Å². The summed E-state index contributed by atoms with van der Waals surface area (Å²) < 4.78 is 19.0. The summed E-state index contributed by atoms with van der Waals surface area (Å²) in [6.45, 7) is 3.72. The smallest absolute Gasteiger partial charge is 0.178 e. The molecule has 3 heteroatoms. The van der Waals surface area contributed by atoms with Gasteiger partial charge in [0.15, 0.2) is 11.6 Å².